The van der Waals surface area contributed by atoms with E-state index in [0.717, 1.165) is 39.0 Å². The van der Waals surface area contributed by atoms with Gasteiger partial charge in [0.1, 0.15) is 37.2 Å². The third-order valence-corrected chi connectivity index (χ3v) is 13.4. The monoisotopic (exact) mass is 1160 g/mol. The third kappa shape index (κ3) is 14.0. The van der Waals surface area contributed by atoms with Crippen molar-refractivity contribution in [2.24, 2.45) is 0 Å². The van der Waals surface area contributed by atoms with Gasteiger partial charge in [-0.3, -0.25) is 39.0 Å². The first-order valence-corrected chi connectivity index (χ1v) is 26.3. The molecule has 0 N–H and O–H groups in total. The second kappa shape index (κ2) is 26.8. The lowest BCUT2D eigenvalue weighted by atomic mass is 9.94. The maximum Gasteiger partial charge on any atom is 0.338 e. The molecule has 438 valence electrons. The summed E-state index contributed by atoms with van der Waals surface area (Å²) >= 11 is 0. The second-order valence-electron chi connectivity index (χ2n) is 19.2. The number of imide groups is 1. The molecule has 0 aromatic heterocycles. The summed E-state index contributed by atoms with van der Waals surface area (Å²) in [4.78, 5) is 136. The van der Waals surface area contributed by atoms with Crippen molar-refractivity contribution in [1.82, 2.24) is 4.90 Å². The molecule has 3 aliphatic heterocycles. The largest absolute Gasteiger partial charge is 0.463 e. The van der Waals surface area contributed by atoms with E-state index in [2.05, 4.69) is 0 Å². The van der Waals surface area contributed by atoms with Gasteiger partial charge in [0, 0.05) is 38.5 Å². The van der Waals surface area contributed by atoms with E-state index in [4.69, 9.17) is 52.1 Å². The number of carbonyl (C=O) groups is 9. The molecule has 0 saturated carbocycles. The minimum atomic E-state index is -2.00. The Morgan fingerprint density at radius 2 is 0.906 bits per heavy atom. The van der Waals surface area contributed by atoms with Crippen LogP contribution in [0.2, 0.25) is 0 Å². The van der Waals surface area contributed by atoms with Gasteiger partial charge in [0.05, 0.1) is 44.9 Å². The number of nitrogens with zero attached hydrogens (tertiary/aromatic N) is 2. The number of benzene rings is 6. The average molecular weight is 1170 g/mol. The molecule has 0 radical (unpaired) electrons. The molecule has 2 saturated heterocycles. The van der Waals surface area contributed by atoms with Crippen molar-refractivity contribution in [2.75, 3.05) is 13.2 Å². The van der Waals surface area contributed by atoms with Crippen molar-refractivity contribution in [1.29, 1.82) is 0 Å². The molecule has 2 amide bonds. The van der Waals surface area contributed by atoms with E-state index in [1.54, 1.807) is 60.7 Å². The van der Waals surface area contributed by atoms with E-state index >= 15 is 0 Å². The van der Waals surface area contributed by atoms with Crippen molar-refractivity contribution in [3.63, 3.8) is 0 Å². The second-order valence-corrected chi connectivity index (χ2v) is 19.2. The predicted molar refractivity (Wildman–Crippen MR) is 288 cm³/mol. The Balaban J connectivity index is 1.15. The van der Waals surface area contributed by atoms with Crippen LogP contribution in [0.15, 0.2) is 164 Å². The van der Waals surface area contributed by atoms with Crippen LogP contribution in [0.1, 0.15) is 88.5 Å². The van der Waals surface area contributed by atoms with E-state index in [0.29, 0.717) is 4.90 Å². The van der Waals surface area contributed by atoms with E-state index in [1.807, 2.05) is 0 Å². The Labute approximate surface area is 483 Å². The van der Waals surface area contributed by atoms with Gasteiger partial charge in [0.15, 0.2) is 30.7 Å². The molecule has 6 aromatic rings. The van der Waals surface area contributed by atoms with Gasteiger partial charge in [-0.1, -0.05) is 84.9 Å². The topological polar surface area (TPSA) is 302 Å². The van der Waals surface area contributed by atoms with Crippen molar-refractivity contribution in [3.05, 3.63) is 213 Å². The quantitative estimate of drug-likeness (QED) is 0.0257. The molecule has 0 spiro atoms. The van der Waals surface area contributed by atoms with E-state index < -0.39 is 145 Å². The fourth-order valence-electron chi connectivity index (χ4n) is 9.60. The normalized spacial score (nSPS) is 22.4. The Hall–Kier alpha value is -10.2. The lowest BCUT2D eigenvalue weighted by Gasteiger charge is -2.47. The highest BCUT2D eigenvalue weighted by Gasteiger charge is 2.58. The molecule has 24 heteroatoms. The first-order valence-electron chi connectivity index (χ1n) is 26.3. The zero-order valence-electron chi connectivity index (χ0n) is 45.4. The molecule has 85 heavy (non-hydrogen) atoms. The van der Waals surface area contributed by atoms with Crippen molar-refractivity contribution in [3.8, 4) is 5.75 Å². The van der Waals surface area contributed by atoms with Crippen LogP contribution >= 0.6 is 0 Å². The number of nitro benzene ring substituents is 1. The zero-order chi connectivity index (χ0) is 60.3. The van der Waals surface area contributed by atoms with Crippen LogP contribution in [0, 0.1) is 10.1 Å². The Kier molecular flexibility index (Phi) is 18.8. The fourth-order valence-corrected chi connectivity index (χ4v) is 9.60. The first-order chi connectivity index (χ1) is 40.9. The first kappa shape index (κ1) is 59.5. The predicted octanol–water partition coefficient (Wildman–Crippen LogP) is 6.57. The molecular formula is C61H52N2O22. The van der Waals surface area contributed by atoms with Crippen LogP contribution in [-0.4, -0.2) is 138 Å². The lowest BCUT2D eigenvalue weighted by Crippen LogP contribution is -2.67. The lowest BCUT2D eigenvalue weighted by molar-refractivity contribution is -0.385. The maximum atomic E-state index is 14.3. The summed E-state index contributed by atoms with van der Waals surface area (Å²) in [6.07, 6.45) is -16.3. The van der Waals surface area contributed by atoms with Crippen LogP contribution in [0.25, 0.3) is 0 Å². The smallest absolute Gasteiger partial charge is 0.338 e. The van der Waals surface area contributed by atoms with Crippen molar-refractivity contribution >= 4 is 59.3 Å². The molecule has 9 rings (SSSR count). The summed E-state index contributed by atoms with van der Waals surface area (Å²) < 4.78 is 66.8. The molecule has 0 aliphatic carbocycles. The van der Waals surface area contributed by atoms with Gasteiger partial charge in [-0.25, -0.2) is 19.2 Å². The summed E-state index contributed by atoms with van der Waals surface area (Å²) in [6.45, 7) is 0.832. The molecule has 6 aromatic carbocycles. The minimum Gasteiger partial charge on any atom is -0.463 e. The van der Waals surface area contributed by atoms with Gasteiger partial charge in [0.25, 0.3) is 17.5 Å². The SMILES string of the molecule is CC(=O)OC[C@H]1O[C@@H](OCc2cc([N+](=O)[O-])ccc2O[C@@H]2O[C@H](COC(=O)c3ccccc3)[C@H](OC(=O)c3ccccc3)[C@H](OC(=O)c3ccccc3)[C@H]2OC(=O)c2ccccc2)[C@H](N2C(=O)c3ccccc3C2=O)[C@@H](OC(C)=O)[C@@H]1OC(C)=O. The maximum absolute atomic E-state index is 14.3. The van der Waals surface area contributed by atoms with Gasteiger partial charge in [-0.05, 0) is 66.7 Å². The van der Waals surface area contributed by atoms with Crippen LogP contribution in [-0.2, 0) is 68.4 Å². The van der Waals surface area contributed by atoms with Gasteiger partial charge >= 0.3 is 41.8 Å². The summed E-state index contributed by atoms with van der Waals surface area (Å²) in [5, 5.41) is 12.5. The molecule has 0 unspecified atom stereocenters. The standard InChI is InChI=1S/C61H52N2O22/c1-34(64)75-32-46-49(78-35(2)65)51(79-36(3)66)48(62-54(67)43-26-16-17-27-44(43)55(62)68)60(81-46)77-31-41-30-42(63(73)74)28-29-45(41)80-61-53(85-59(72)40-24-14-7-15-25-40)52(84-58(71)39-22-12-6-13-23-39)50(83-57(70)38-20-10-5-11-21-38)47(82-61)33-76-56(69)37-18-8-4-9-19-37/h4-30,46-53,60-61H,31-33H2,1-3H3/t46-,47-,48-,49-,50+,51-,52+,53-,60-,61-/m1/s1. The van der Waals surface area contributed by atoms with Crippen LogP contribution in [0.4, 0.5) is 5.69 Å². The van der Waals surface area contributed by atoms with E-state index in [9.17, 15) is 53.3 Å². The Morgan fingerprint density at radius 3 is 1.39 bits per heavy atom. The van der Waals surface area contributed by atoms with E-state index in [1.165, 1.54) is 84.9 Å². The Morgan fingerprint density at radius 1 is 0.482 bits per heavy atom. The molecule has 0 bridgehead atoms. The number of non-ortho nitro benzene ring substituents is 1. The fraction of sp³-hybridized carbons (Fsp3) is 0.262. The number of ether oxygens (including phenoxy) is 11. The third-order valence-electron chi connectivity index (χ3n) is 13.4. The Bertz CT molecular complexity index is 3440. The van der Waals surface area contributed by atoms with Crippen LogP contribution in [0.3, 0.4) is 0 Å². The van der Waals surface area contributed by atoms with Crippen LogP contribution < -0.4 is 4.74 Å². The van der Waals surface area contributed by atoms with Crippen molar-refractivity contribution < 1.29 is 100 Å². The summed E-state index contributed by atoms with van der Waals surface area (Å²) in [5.41, 5.74) is -0.837. The number of hydrogen-bond donors (Lipinski definition) is 0. The van der Waals surface area contributed by atoms with Gasteiger partial charge in [-0.15, -0.1) is 0 Å². The summed E-state index contributed by atoms with van der Waals surface area (Å²) in [6, 6.07) is 37.6. The highest BCUT2D eigenvalue weighted by molar-refractivity contribution is 6.21. The van der Waals surface area contributed by atoms with Gasteiger partial charge < -0.3 is 52.1 Å². The molecule has 2 fully saturated rings. The number of amides is 2. The van der Waals surface area contributed by atoms with Crippen LogP contribution in [0.5, 0.6) is 5.75 Å². The summed E-state index contributed by atoms with van der Waals surface area (Å²) in [7, 11) is 0. The number of nitro groups is 1. The molecule has 10 atom stereocenters. The number of fused-ring (bicyclic) bond motifs is 1. The number of rotatable bonds is 20. The minimum absolute atomic E-state index is 0.00995. The highest BCUT2D eigenvalue weighted by atomic mass is 16.7. The van der Waals surface area contributed by atoms with Gasteiger partial charge in [-0.2, -0.15) is 0 Å². The van der Waals surface area contributed by atoms with Gasteiger partial charge in [0.2, 0.25) is 12.4 Å². The molecular weight excluding hydrogens is 1110 g/mol. The number of esters is 7. The molecule has 3 aliphatic rings. The molecule has 24 nitrogen and oxygen atoms in total. The molecule has 3 heterocycles. The zero-order valence-corrected chi connectivity index (χ0v) is 45.4. The van der Waals surface area contributed by atoms with E-state index in [-0.39, 0.29) is 44.7 Å². The number of carbonyl (C=O) groups excluding carboxylic acids is 9. The summed E-state index contributed by atoms with van der Waals surface area (Å²) in [5.74, 6) is -8.82. The average Bonchev–Trinajstić information content (AvgIpc) is 1.86. The van der Waals surface area contributed by atoms with Crippen molar-refractivity contribution in [2.45, 2.75) is 88.7 Å². The number of hydrogen-bond acceptors (Lipinski definition) is 22. The highest BCUT2D eigenvalue weighted by Crippen LogP contribution is 2.39.